The molecule has 0 N–H and O–H groups in total. The number of rotatable bonds is 7. The summed E-state index contributed by atoms with van der Waals surface area (Å²) in [5.41, 5.74) is 2.55. The van der Waals surface area contributed by atoms with Crippen LogP contribution in [0.1, 0.15) is 29.8 Å². The Morgan fingerprint density at radius 1 is 1.07 bits per heavy atom. The molecule has 0 aliphatic carbocycles. The van der Waals surface area contributed by atoms with E-state index in [1.54, 1.807) is 13.8 Å². The van der Waals surface area contributed by atoms with Crippen LogP contribution in [-0.4, -0.2) is 34.5 Å². The Morgan fingerprint density at radius 2 is 1.67 bits per heavy atom. The van der Waals surface area contributed by atoms with Gasteiger partial charge < -0.3 is 9.26 Å². The number of aliphatic imine (C=N–C) groups is 1. The van der Waals surface area contributed by atoms with E-state index in [0.717, 1.165) is 11.1 Å². The Labute approximate surface area is 157 Å². The summed E-state index contributed by atoms with van der Waals surface area (Å²) in [6.07, 6.45) is 0.183. The molecule has 1 atom stereocenters. The van der Waals surface area contributed by atoms with Crippen LogP contribution >= 0.6 is 0 Å². The highest BCUT2D eigenvalue weighted by molar-refractivity contribution is 6.13. The summed E-state index contributed by atoms with van der Waals surface area (Å²) in [5, 5.41) is 3.78. The highest BCUT2D eigenvalue weighted by Gasteiger charge is 2.24. The number of ether oxygens (including phenoxy) is 1. The van der Waals surface area contributed by atoms with Gasteiger partial charge in [0.15, 0.2) is 11.9 Å². The Kier molecular flexibility index (Phi) is 6.10. The third-order valence-electron chi connectivity index (χ3n) is 3.88. The fraction of sp³-hybridized carbons (Fsp3) is 0.238. The third kappa shape index (κ3) is 4.88. The average molecular weight is 363 g/mol. The second kappa shape index (κ2) is 8.89. The number of esters is 1. The van der Waals surface area contributed by atoms with E-state index in [-0.39, 0.29) is 13.0 Å². The van der Waals surface area contributed by atoms with Crippen LogP contribution in [-0.2, 0) is 16.0 Å². The lowest BCUT2D eigenvalue weighted by atomic mass is 10.0. The molecule has 0 amide bonds. The molecule has 6 nitrogen and oxygen atoms in total. The van der Waals surface area contributed by atoms with Crippen LogP contribution in [0.3, 0.4) is 0 Å². The second-order valence-electron chi connectivity index (χ2n) is 5.92. The molecule has 6 heteroatoms. The van der Waals surface area contributed by atoms with Crippen molar-refractivity contribution in [2.75, 3.05) is 6.61 Å². The van der Waals surface area contributed by atoms with Gasteiger partial charge in [-0.15, -0.1) is 0 Å². The van der Waals surface area contributed by atoms with Crippen molar-refractivity contribution in [1.82, 2.24) is 10.1 Å². The minimum atomic E-state index is -0.778. The van der Waals surface area contributed by atoms with Crippen LogP contribution in [0.2, 0.25) is 0 Å². The Morgan fingerprint density at radius 3 is 2.15 bits per heavy atom. The lowest BCUT2D eigenvalue weighted by Gasteiger charge is -2.14. The standard InChI is InChI=1S/C21H21N3O3/c1-3-26-21(25)18(14-19-22-15(2)24-27-19)23-20(16-10-6-4-7-11-16)17-12-8-5-9-13-17/h4-13,18H,3,14H2,1-2H3. The first-order valence-corrected chi connectivity index (χ1v) is 8.82. The molecular weight excluding hydrogens is 342 g/mol. The summed E-state index contributed by atoms with van der Waals surface area (Å²) < 4.78 is 10.4. The van der Waals surface area contributed by atoms with Crippen molar-refractivity contribution in [3.63, 3.8) is 0 Å². The Hall–Kier alpha value is -3.28. The number of carbonyl (C=O) groups is 1. The minimum absolute atomic E-state index is 0.183. The van der Waals surface area contributed by atoms with Gasteiger partial charge in [-0.1, -0.05) is 65.8 Å². The van der Waals surface area contributed by atoms with Crippen molar-refractivity contribution in [3.8, 4) is 0 Å². The number of benzene rings is 2. The van der Waals surface area contributed by atoms with Crippen LogP contribution in [0.4, 0.5) is 0 Å². The number of aryl methyl sites for hydroxylation is 1. The number of nitrogens with zero attached hydrogens (tertiary/aromatic N) is 3. The molecule has 3 rings (SSSR count). The topological polar surface area (TPSA) is 77.6 Å². The molecule has 1 heterocycles. The van der Waals surface area contributed by atoms with Crippen LogP contribution in [0.25, 0.3) is 0 Å². The fourth-order valence-corrected chi connectivity index (χ4v) is 2.67. The molecule has 0 aliphatic heterocycles. The molecule has 1 aromatic heterocycles. The summed E-state index contributed by atoms with van der Waals surface area (Å²) in [6, 6.07) is 18.7. The Bertz CT molecular complexity index is 863. The largest absolute Gasteiger partial charge is 0.464 e. The summed E-state index contributed by atoms with van der Waals surface area (Å²) in [4.78, 5) is 21.5. The summed E-state index contributed by atoms with van der Waals surface area (Å²) in [5.74, 6) is 0.454. The van der Waals surface area contributed by atoms with Crippen molar-refractivity contribution in [1.29, 1.82) is 0 Å². The van der Waals surface area contributed by atoms with Crippen molar-refractivity contribution in [3.05, 3.63) is 83.5 Å². The number of hydrogen-bond donors (Lipinski definition) is 0. The van der Waals surface area contributed by atoms with Crippen molar-refractivity contribution in [2.45, 2.75) is 26.3 Å². The lowest BCUT2D eigenvalue weighted by Crippen LogP contribution is -2.26. The monoisotopic (exact) mass is 363 g/mol. The smallest absolute Gasteiger partial charge is 0.331 e. The van der Waals surface area contributed by atoms with Gasteiger partial charge in [0.05, 0.1) is 18.7 Å². The molecule has 0 saturated carbocycles. The van der Waals surface area contributed by atoms with Gasteiger partial charge in [0.1, 0.15) is 0 Å². The maximum Gasteiger partial charge on any atom is 0.331 e. The van der Waals surface area contributed by atoms with Gasteiger partial charge in [0.2, 0.25) is 5.89 Å². The molecule has 0 bridgehead atoms. The summed E-state index contributed by atoms with van der Waals surface area (Å²) >= 11 is 0. The van der Waals surface area contributed by atoms with Gasteiger partial charge in [0.25, 0.3) is 0 Å². The fourth-order valence-electron chi connectivity index (χ4n) is 2.67. The Balaban J connectivity index is 2.03. The first-order valence-electron chi connectivity index (χ1n) is 8.82. The lowest BCUT2D eigenvalue weighted by molar-refractivity contribution is -0.144. The normalized spacial score (nSPS) is 11.6. The molecule has 138 valence electrons. The van der Waals surface area contributed by atoms with E-state index in [2.05, 4.69) is 10.1 Å². The van der Waals surface area contributed by atoms with E-state index in [9.17, 15) is 4.79 Å². The number of hydrogen-bond acceptors (Lipinski definition) is 6. The van der Waals surface area contributed by atoms with E-state index >= 15 is 0 Å². The van der Waals surface area contributed by atoms with Crippen molar-refractivity contribution >= 4 is 11.7 Å². The van der Waals surface area contributed by atoms with E-state index in [4.69, 9.17) is 14.3 Å². The van der Waals surface area contributed by atoms with Crippen LogP contribution in [0, 0.1) is 6.92 Å². The SMILES string of the molecule is CCOC(=O)C(Cc1nc(C)no1)N=C(c1ccccc1)c1ccccc1. The number of aromatic nitrogens is 2. The molecule has 2 aromatic carbocycles. The van der Waals surface area contributed by atoms with Crippen LogP contribution < -0.4 is 0 Å². The maximum absolute atomic E-state index is 12.5. The molecular formula is C21H21N3O3. The summed E-state index contributed by atoms with van der Waals surface area (Å²) in [7, 11) is 0. The molecule has 0 radical (unpaired) electrons. The highest BCUT2D eigenvalue weighted by atomic mass is 16.5. The summed E-state index contributed by atoms with van der Waals surface area (Å²) in [6.45, 7) is 3.78. The van der Waals surface area contributed by atoms with Gasteiger partial charge in [-0.05, 0) is 13.8 Å². The molecule has 1 unspecified atom stereocenters. The maximum atomic E-state index is 12.5. The zero-order valence-corrected chi connectivity index (χ0v) is 15.3. The molecule has 0 aliphatic rings. The van der Waals surface area contributed by atoms with E-state index in [0.29, 0.717) is 17.4 Å². The van der Waals surface area contributed by atoms with E-state index in [1.807, 2.05) is 60.7 Å². The average Bonchev–Trinajstić information content (AvgIpc) is 3.11. The van der Waals surface area contributed by atoms with Gasteiger partial charge in [0, 0.05) is 11.1 Å². The quantitative estimate of drug-likeness (QED) is 0.475. The van der Waals surface area contributed by atoms with Crippen LogP contribution in [0.15, 0.2) is 70.2 Å². The molecule has 27 heavy (non-hydrogen) atoms. The predicted molar refractivity (Wildman–Crippen MR) is 102 cm³/mol. The minimum Gasteiger partial charge on any atom is -0.464 e. The molecule has 0 fully saturated rings. The van der Waals surface area contributed by atoms with E-state index in [1.165, 1.54) is 0 Å². The van der Waals surface area contributed by atoms with Crippen LogP contribution in [0.5, 0.6) is 0 Å². The zero-order valence-electron chi connectivity index (χ0n) is 15.3. The number of carbonyl (C=O) groups excluding carboxylic acids is 1. The van der Waals surface area contributed by atoms with Crippen molar-refractivity contribution < 1.29 is 14.1 Å². The first kappa shape index (κ1) is 18.5. The zero-order chi connectivity index (χ0) is 19.1. The third-order valence-corrected chi connectivity index (χ3v) is 3.88. The van der Waals surface area contributed by atoms with Crippen molar-refractivity contribution in [2.24, 2.45) is 4.99 Å². The molecule has 0 spiro atoms. The molecule has 0 saturated heterocycles. The highest BCUT2D eigenvalue weighted by Crippen LogP contribution is 2.15. The van der Waals surface area contributed by atoms with Gasteiger partial charge in [-0.25, -0.2) is 4.79 Å². The predicted octanol–water partition coefficient (Wildman–Crippen LogP) is 3.39. The van der Waals surface area contributed by atoms with Gasteiger partial charge >= 0.3 is 5.97 Å². The molecule has 3 aromatic rings. The van der Waals surface area contributed by atoms with E-state index < -0.39 is 12.0 Å². The second-order valence-corrected chi connectivity index (χ2v) is 5.92. The van der Waals surface area contributed by atoms with Gasteiger partial charge in [-0.3, -0.25) is 4.99 Å². The first-order chi connectivity index (χ1) is 13.2. The van der Waals surface area contributed by atoms with Gasteiger partial charge in [-0.2, -0.15) is 4.98 Å².